The second-order valence-electron chi connectivity index (χ2n) is 5.02. The molecule has 2 atom stereocenters. The molecule has 0 aromatic heterocycles. The summed E-state index contributed by atoms with van der Waals surface area (Å²) in [5.41, 5.74) is -1.33. The first-order valence-corrected chi connectivity index (χ1v) is 5.83. The fourth-order valence-electron chi connectivity index (χ4n) is 1.71. The second kappa shape index (κ2) is 5.53. The topological polar surface area (TPSA) is 99.1 Å². The van der Waals surface area contributed by atoms with Gasteiger partial charge in [-0.1, -0.05) is 0 Å². The highest BCUT2D eigenvalue weighted by molar-refractivity contribution is 5.85. The number of carboxylic acid groups (broad SMARTS) is 1. The Kier molecular flexibility index (Phi) is 4.53. The van der Waals surface area contributed by atoms with Crippen LogP contribution in [0.3, 0.4) is 0 Å². The Morgan fingerprint density at radius 2 is 2.06 bits per heavy atom. The van der Waals surface area contributed by atoms with Gasteiger partial charge < -0.3 is 25.2 Å². The van der Waals surface area contributed by atoms with Gasteiger partial charge in [0.2, 0.25) is 0 Å². The summed E-state index contributed by atoms with van der Waals surface area (Å²) in [5, 5.41) is 20.4. The number of rotatable bonds is 3. The molecule has 1 saturated heterocycles. The Balaban J connectivity index is 2.64. The molecule has 0 saturated carbocycles. The molecule has 1 aliphatic rings. The molecule has 1 fully saturated rings. The van der Waals surface area contributed by atoms with Gasteiger partial charge in [-0.05, 0) is 20.8 Å². The fourth-order valence-corrected chi connectivity index (χ4v) is 1.71. The van der Waals surface area contributed by atoms with Crippen LogP contribution in [0.25, 0.3) is 0 Å². The van der Waals surface area contributed by atoms with Crippen molar-refractivity contribution in [3.63, 3.8) is 0 Å². The molecule has 18 heavy (non-hydrogen) atoms. The molecule has 0 aromatic carbocycles. The summed E-state index contributed by atoms with van der Waals surface area (Å²) in [6.07, 6.45) is -0.609. The average Bonchev–Trinajstić information content (AvgIpc) is 2.27. The number of aliphatic carboxylic acids is 1. The van der Waals surface area contributed by atoms with E-state index in [0.29, 0.717) is 6.54 Å². The monoisotopic (exact) mass is 260 g/mol. The first kappa shape index (κ1) is 14.7. The van der Waals surface area contributed by atoms with E-state index >= 15 is 0 Å². The summed E-state index contributed by atoms with van der Waals surface area (Å²) in [7, 11) is 0. The van der Waals surface area contributed by atoms with Crippen LogP contribution in [0, 0.1) is 0 Å². The van der Waals surface area contributed by atoms with E-state index in [1.54, 1.807) is 6.92 Å². The van der Waals surface area contributed by atoms with Crippen molar-refractivity contribution in [1.82, 2.24) is 10.2 Å². The lowest BCUT2D eigenvalue weighted by Gasteiger charge is -2.37. The standard InChI is InChI=1S/C11H20N2O5/c1-7-4-13(5-8(6-14)18-7)10(17)12-11(2,3)9(15)16/h7-8,14H,4-6H2,1-3H3,(H,12,17)(H,15,16). The molecule has 1 rings (SSSR count). The third-order valence-electron chi connectivity index (χ3n) is 2.77. The first-order valence-electron chi connectivity index (χ1n) is 5.83. The molecule has 1 aliphatic heterocycles. The third-order valence-corrected chi connectivity index (χ3v) is 2.77. The molecular weight excluding hydrogens is 240 g/mol. The van der Waals surface area contributed by atoms with Gasteiger partial charge in [0.05, 0.1) is 25.4 Å². The summed E-state index contributed by atoms with van der Waals surface area (Å²) < 4.78 is 5.41. The minimum absolute atomic E-state index is 0.170. The largest absolute Gasteiger partial charge is 0.480 e. The van der Waals surface area contributed by atoms with Gasteiger partial charge in [0.1, 0.15) is 5.54 Å². The number of carboxylic acids is 1. The van der Waals surface area contributed by atoms with Gasteiger partial charge in [-0.3, -0.25) is 0 Å². The number of urea groups is 1. The van der Waals surface area contributed by atoms with E-state index in [0.717, 1.165) is 0 Å². The van der Waals surface area contributed by atoms with Gasteiger partial charge in [0, 0.05) is 6.54 Å². The number of amides is 2. The van der Waals surface area contributed by atoms with E-state index in [2.05, 4.69) is 5.32 Å². The highest BCUT2D eigenvalue weighted by atomic mass is 16.5. The van der Waals surface area contributed by atoms with Crippen LogP contribution in [0.15, 0.2) is 0 Å². The predicted octanol–water partition coefficient (Wildman–Crippen LogP) is -0.359. The van der Waals surface area contributed by atoms with Gasteiger partial charge in [-0.15, -0.1) is 0 Å². The highest BCUT2D eigenvalue weighted by Gasteiger charge is 2.34. The Bertz CT molecular complexity index is 331. The summed E-state index contributed by atoms with van der Waals surface area (Å²) in [4.78, 5) is 24.3. The van der Waals surface area contributed by atoms with E-state index in [1.165, 1.54) is 18.7 Å². The minimum atomic E-state index is -1.33. The number of ether oxygens (including phenoxy) is 1. The summed E-state index contributed by atoms with van der Waals surface area (Å²) in [6, 6.07) is -0.462. The van der Waals surface area contributed by atoms with Crippen LogP contribution in [-0.2, 0) is 9.53 Å². The number of nitrogens with one attached hydrogen (secondary N) is 1. The number of morpholine rings is 1. The van der Waals surface area contributed by atoms with Crippen molar-refractivity contribution in [3.8, 4) is 0 Å². The van der Waals surface area contributed by atoms with Crippen molar-refractivity contribution >= 4 is 12.0 Å². The molecule has 0 radical (unpaired) electrons. The lowest BCUT2D eigenvalue weighted by molar-refractivity contribution is -0.143. The lowest BCUT2D eigenvalue weighted by Crippen LogP contribution is -2.58. The van der Waals surface area contributed by atoms with Crippen molar-refractivity contribution in [2.45, 2.75) is 38.5 Å². The number of carbonyl (C=O) groups is 2. The SMILES string of the molecule is CC1CN(C(=O)NC(C)(C)C(=O)O)CC(CO)O1. The van der Waals surface area contributed by atoms with E-state index in [-0.39, 0.29) is 19.3 Å². The highest BCUT2D eigenvalue weighted by Crippen LogP contribution is 2.12. The number of hydrogen-bond acceptors (Lipinski definition) is 4. The predicted molar refractivity (Wildman–Crippen MR) is 63.2 cm³/mol. The van der Waals surface area contributed by atoms with Crippen LogP contribution >= 0.6 is 0 Å². The molecule has 3 N–H and O–H groups in total. The molecule has 7 heteroatoms. The minimum Gasteiger partial charge on any atom is -0.480 e. The molecule has 2 amide bonds. The fraction of sp³-hybridized carbons (Fsp3) is 0.818. The average molecular weight is 260 g/mol. The number of carbonyl (C=O) groups excluding carboxylic acids is 1. The molecule has 0 aromatic rings. The smallest absolute Gasteiger partial charge is 0.328 e. The van der Waals surface area contributed by atoms with Crippen molar-refractivity contribution < 1.29 is 24.5 Å². The van der Waals surface area contributed by atoms with Crippen LogP contribution in [0.4, 0.5) is 4.79 Å². The van der Waals surface area contributed by atoms with Crippen LogP contribution in [-0.4, -0.2) is 64.6 Å². The van der Waals surface area contributed by atoms with Crippen LogP contribution in [0.2, 0.25) is 0 Å². The zero-order chi connectivity index (χ0) is 13.9. The van der Waals surface area contributed by atoms with Crippen molar-refractivity contribution in [3.05, 3.63) is 0 Å². The third kappa shape index (κ3) is 3.58. The maximum Gasteiger partial charge on any atom is 0.328 e. The van der Waals surface area contributed by atoms with Crippen molar-refractivity contribution in [2.24, 2.45) is 0 Å². The molecule has 104 valence electrons. The van der Waals surface area contributed by atoms with Crippen LogP contribution < -0.4 is 5.32 Å². The molecule has 1 heterocycles. The number of aliphatic hydroxyl groups is 1. The lowest BCUT2D eigenvalue weighted by atomic mass is 10.1. The van der Waals surface area contributed by atoms with Crippen molar-refractivity contribution in [1.29, 1.82) is 0 Å². The Labute approximate surface area is 106 Å². The molecule has 0 spiro atoms. The van der Waals surface area contributed by atoms with Gasteiger partial charge in [-0.2, -0.15) is 0 Å². The second-order valence-corrected chi connectivity index (χ2v) is 5.02. The number of aliphatic hydroxyl groups excluding tert-OH is 1. The summed E-state index contributed by atoms with van der Waals surface area (Å²) in [5.74, 6) is -1.10. The molecule has 0 aliphatic carbocycles. The Hall–Kier alpha value is -1.34. The van der Waals surface area contributed by atoms with E-state index in [4.69, 9.17) is 14.9 Å². The first-order chi connectivity index (χ1) is 8.26. The summed E-state index contributed by atoms with van der Waals surface area (Å²) in [6.45, 7) is 5.09. The van der Waals surface area contributed by atoms with Gasteiger partial charge in [-0.25, -0.2) is 9.59 Å². The maximum absolute atomic E-state index is 11.9. The zero-order valence-electron chi connectivity index (χ0n) is 10.8. The van der Waals surface area contributed by atoms with E-state index < -0.39 is 23.6 Å². The van der Waals surface area contributed by atoms with Gasteiger partial charge >= 0.3 is 12.0 Å². The van der Waals surface area contributed by atoms with E-state index in [1.807, 2.05) is 0 Å². The number of nitrogens with zero attached hydrogens (tertiary/aromatic N) is 1. The zero-order valence-corrected chi connectivity index (χ0v) is 10.8. The number of hydrogen-bond donors (Lipinski definition) is 3. The van der Waals surface area contributed by atoms with Crippen LogP contribution in [0.1, 0.15) is 20.8 Å². The van der Waals surface area contributed by atoms with Crippen LogP contribution in [0.5, 0.6) is 0 Å². The molecule has 2 unspecified atom stereocenters. The van der Waals surface area contributed by atoms with Crippen molar-refractivity contribution in [2.75, 3.05) is 19.7 Å². The Morgan fingerprint density at radius 1 is 1.44 bits per heavy atom. The normalized spacial score (nSPS) is 24.8. The Morgan fingerprint density at radius 3 is 2.56 bits per heavy atom. The quantitative estimate of drug-likeness (QED) is 0.643. The summed E-state index contributed by atoms with van der Waals surface area (Å²) >= 11 is 0. The van der Waals surface area contributed by atoms with Gasteiger partial charge in [0.25, 0.3) is 0 Å². The molecular formula is C11H20N2O5. The molecule has 7 nitrogen and oxygen atoms in total. The maximum atomic E-state index is 11.9. The van der Waals surface area contributed by atoms with E-state index in [9.17, 15) is 9.59 Å². The van der Waals surface area contributed by atoms with Gasteiger partial charge in [0.15, 0.2) is 0 Å². The molecule has 0 bridgehead atoms.